The number of para-hydroxylation sites is 1. The van der Waals surface area contributed by atoms with Gasteiger partial charge in [-0.2, -0.15) is 0 Å². The summed E-state index contributed by atoms with van der Waals surface area (Å²) >= 11 is 0. The van der Waals surface area contributed by atoms with Crippen molar-refractivity contribution in [1.82, 2.24) is 9.80 Å². The van der Waals surface area contributed by atoms with Crippen LogP contribution in [0, 0.1) is 5.92 Å². The SMILES string of the molecule is CCCCN1C(=O)CCC(C(=O)N(C)CC)C1c1ccccc1OC. The molecule has 0 aliphatic carbocycles. The zero-order valence-corrected chi connectivity index (χ0v) is 15.8. The van der Waals surface area contributed by atoms with E-state index in [0.29, 0.717) is 25.9 Å². The molecule has 0 N–H and O–H groups in total. The first-order chi connectivity index (χ1) is 12.0. The predicted octanol–water partition coefficient (Wildman–Crippen LogP) is 3.25. The molecular weight excluding hydrogens is 316 g/mol. The van der Waals surface area contributed by atoms with Crippen LogP contribution in [0.25, 0.3) is 0 Å². The van der Waals surface area contributed by atoms with Crippen LogP contribution in [0.4, 0.5) is 0 Å². The zero-order valence-electron chi connectivity index (χ0n) is 15.8. The van der Waals surface area contributed by atoms with Crippen molar-refractivity contribution in [3.8, 4) is 5.75 Å². The number of amides is 2. The second-order valence-corrected chi connectivity index (χ2v) is 6.63. The molecule has 1 saturated heterocycles. The van der Waals surface area contributed by atoms with E-state index in [1.165, 1.54) is 0 Å². The molecule has 2 amide bonds. The average molecular weight is 346 g/mol. The van der Waals surface area contributed by atoms with Crippen LogP contribution < -0.4 is 4.74 Å². The standard InChI is InChI=1S/C20H30N2O3/c1-5-7-14-22-18(23)13-12-16(20(24)21(3)6-2)19(22)15-10-8-9-11-17(15)25-4/h8-11,16,19H,5-7,12-14H2,1-4H3. The lowest BCUT2D eigenvalue weighted by Crippen LogP contribution is -2.48. The molecule has 0 saturated carbocycles. The fourth-order valence-corrected chi connectivity index (χ4v) is 3.54. The lowest BCUT2D eigenvalue weighted by Gasteiger charge is -2.42. The lowest BCUT2D eigenvalue weighted by molar-refractivity contribution is -0.147. The van der Waals surface area contributed by atoms with Crippen LogP contribution >= 0.6 is 0 Å². The van der Waals surface area contributed by atoms with Crippen molar-refractivity contribution < 1.29 is 14.3 Å². The molecule has 1 aromatic carbocycles. The number of unbranched alkanes of at least 4 members (excludes halogenated alkanes) is 1. The summed E-state index contributed by atoms with van der Waals surface area (Å²) in [6.45, 7) is 5.42. The number of nitrogens with zero attached hydrogens (tertiary/aromatic N) is 2. The van der Waals surface area contributed by atoms with E-state index in [-0.39, 0.29) is 23.8 Å². The third-order valence-electron chi connectivity index (χ3n) is 5.08. The minimum absolute atomic E-state index is 0.104. The molecule has 2 rings (SSSR count). The number of likely N-dealkylation sites (tertiary alicyclic amines) is 1. The Morgan fingerprint density at radius 1 is 1.32 bits per heavy atom. The molecule has 25 heavy (non-hydrogen) atoms. The number of piperidine rings is 1. The van der Waals surface area contributed by atoms with Gasteiger partial charge in [-0.05, 0) is 25.8 Å². The third kappa shape index (κ3) is 4.14. The fourth-order valence-electron chi connectivity index (χ4n) is 3.54. The summed E-state index contributed by atoms with van der Waals surface area (Å²) in [4.78, 5) is 29.3. The van der Waals surface area contributed by atoms with Crippen LogP contribution in [0.2, 0.25) is 0 Å². The number of methoxy groups -OCH3 is 1. The smallest absolute Gasteiger partial charge is 0.227 e. The Morgan fingerprint density at radius 2 is 2.04 bits per heavy atom. The first kappa shape index (κ1) is 19.3. The molecule has 138 valence electrons. The van der Waals surface area contributed by atoms with Crippen LogP contribution in [-0.4, -0.2) is 48.9 Å². The maximum Gasteiger partial charge on any atom is 0.227 e. The number of hydrogen-bond donors (Lipinski definition) is 0. The molecule has 5 heteroatoms. The highest BCUT2D eigenvalue weighted by molar-refractivity contribution is 5.85. The van der Waals surface area contributed by atoms with Gasteiger partial charge in [0, 0.05) is 32.1 Å². The molecule has 1 heterocycles. The minimum atomic E-state index is -0.259. The van der Waals surface area contributed by atoms with E-state index in [0.717, 1.165) is 24.2 Å². The fraction of sp³-hybridized carbons (Fsp3) is 0.600. The summed E-state index contributed by atoms with van der Waals surface area (Å²) in [5.74, 6) is 0.747. The monoisotopic (exact) mass is 346 g/mol. The predicted molar refractivity (Wildman–Crippen MR) is 98.4 cm³/mol. The van der Waals surface area contributed by atoms with Crippen molar-refractivity contribution in [2.45, 2.75) is 45.6 Å². The maximum atomic E-state index is 13.0. The molecule has 1 aliphatic rings. The van der Waals surface area contributed by atoms with Crippen molar-refractivity contribution in [2.24, 2.45) is 5.92 Å². The quantitative estimate of drug-likeness (QED) is 0.761. The molecule has 0 spiro atoms. The van der Waals surface area contributed by atoms with Crippen LogP contribution in [0.5, 0.6) is 5.75 Å². The molecule has 1 aliphatic heterocycles. The summed E-state index contributed by atoms with van der Waals surface area (Å²) in [6.07, 6.45) is 2.97. The molecule has 0 bridgehead atoms. The number of carbonyl (C=O) groups excluding carboxylic acids is 2. The number of carbonyl (C=O) groups is 2. The van der Waals surface area contributed by atoms with Gasteiger partial charge in [0.05, 0.1) is 19.1 Å². The molecule has 2 unspecified atom stereocenters. The van der Waals surface area contributed by atoms with Gasteiger partial charge in [-0.15, -0.1) is 0 Å². The van der Waals surface area contributed by atoms with Crippen LogP contribution in [0.1, 0.15) is 51.1 Å². The van der Waals surface area contributed by atoms with Gasteiger partial charge in [-0.3, -0.25) is 9.59 Å². The number of benzene rings is 1. The number of hydrogen-bond acceptors (Lipinski definition) is 3. The van der Waals surface area contributed by atoms with E-state index < -0.39 is 0 Å². The van der Waals surface area contributed by atoms with Crippen LogP contribution in [0.15, 0.2) is 24.3 Å². The van der Waals surface area contributed by atoms with Gasteiger partial charge in [0.1, 0.15) is 5.75 Å². The van der Waals surface area contributed by atoms with Crippen molar-refractivity contribution in [2.75, 3.05) is 27.2 Å². The first-order valence-corrected chi connectivity index (χ1v) is 9.22. The summed E-state index contributed by atoms with van der Waals surface area (Å²) in [5.41, 5.74) is 0.928. The van der Waals surface area contributed by atoms with Crippen molar-refractivity contribution >= 4 is 11.8 Å². The van der Waals surface area contributed by atoms with E-state index in [2.05, 4.69) is 6.92 Å². The van der Waals surface area contributed by atoms with Crippen LogP contribution in [0.3, 0.4) is 0 Å². The van der Waals surface area contributed by atoms with Crippen LogP contribution in [-0.2, 0) is 9.59 Å². The van der Waals surface area contributed by atoms with Gasteiger partial charge in [0.2, 0.25) is 11.8 Å². The van der Waals surface area contributed by atoms with Gasteiger partial charge < -0.3 is 14.5 Å². The highest BCUT2D eigenvalue weighted by atomic mass is 16.5. The Balaban J connectivity index is 2.47. The molecule has 1 aromatic rings. The molecule has 0 radical (unpaired) electrons. The summed E-state index contributed by atoms with van der Waals surface area (Å²) < 4.78 is 5.54. The molecular formula is C20H30N2O3. The minimum Gasteiger partial charge on any atom is -0.496 e. The van der Waals surface area contributed by atoms with Crippen molar-refractivity contribution in [3.63, 3.8) is 0 Å². The molecule has 2 atom stereocenters. The van der Waals surface area contributed by atoms with Gasteiger partial charge in [0.15, 0.2) is 0 Å². The van der Waals surface area contributed by atoms with E-state index in [1.807, 2.05) is 43.1 Å². The highest BCUT2D eigenvalue weighted by Crippen LogP contribution is 2.41. The van der Waals surface area contributed by atoms with Gasteiger partial charge >= 0.3 is 0 Å². The molecule has 1 fully saturated rings. The number of ether oxygens (including phenoxy) is 1. The van der Waals surface area contributed by atoms with E-state index in [9.17, 15) is 9.59 Å². The largest absolute Gasteiger partial charge is 0.496 e. The van der Waals surface area contributed by atoms with Gasteiger partial charge in [0.25, 0.3) is 0 Å². The Kier molecular flexibility index (Phi) is 6.85. The summed E-state index contributed by atoms with van der Waals surface area (Å²) in [5, 5.41) is 0. The van der Waals surface area contributed by atoms with E-state index >= 15 is 0 Å². The Morgan fingerprint density at radius 3 is 2.68 bits per heavy atom. The third-order valence-corrected chi connectivity index (χ3v) is 5.08. The Hall–Kier alpha value is -2.04. The summed E-state index contributed by atoms with van der Waals surface area (Å²) in [7, 11) is 3.46. The average Bonchev–Trinajstić information content (AvgIpc) is 2.65. The molecule has 5 nitrogen and oxygen atoms in total. The lowest BCUT2D eigenvalue weighted by atomic mass is 9.82. The topological polar surface area (TPSA) is 49.9 Å². The Labute approximate surface area is 150 Å². The Bertz CT molecular complexity index is 602. The van der Waals surface area contributed by atoms with Gasteiger partial charge in [-0.1, -0.05) is 31.5 Å². The second-order valence-electron chi connectivity index (χ2n) is 6.63. The van der Waals surface area contributed by atoms with Crippen molar-refractivity contribution in [1.29, 1.82) is 0 Å². The zero-order chi connectivity index (χ0) is 18.4. The summed E-state index contributed by atoms with van der Waals surface area (Å²) in [6, 6.07) is 7.48. The van der Waals surface area contributed by atoms with E-state index in [4.69, 9.17) is 4.74 Å². The second kappa shape index (κ2) is 8.88. The number of rotatable bonds is 7. The normalized spacial score (nSPS) is 20.5. The van der Waals surface area contributed by atoms with Gasteiger partial charge in [-0.25, -0.2) is 0 Å². The maximum absolute atomic E-state index is 13.0. The molecule has 0 aromatic heterocycles. The van der Waals surface area contributed by atoms with E-state index in [1.54, 1.807) is 12.0 Å². The first-order valence-electron chi connectivity index (χ1n) is 9.22. The highest BCUT2D eigenvalue weighted by Gasteiger charge is 2.42. The van der Waals surface area contributed by atoms with Crippen molar-refractivity contribution in [3.05, 3.63) is 29.8 Å².